The summed E-state index contributed by atoms with van der Waals surface area (Å²) in [5.41, 5.74) is 1.67. The molecule has 2 aliphatic rings. The minimum atomic E-state index is -4.69. The molecular weight excluding hydrogens is 359 g/mol. The van der Waals surface area contributed by atoms with Crippen LogP contribution in [0.1, 0.15) is 24.1 Å². The number of rotatable bonds is 3. The molecule has 1 N–H and O–H groups in total. The van der Waals surface area contributed by atoms with Gasteiger partial charge in [-0.2, -0.15) is 32.2 Å². The summed E-state index contributed by atoms with van der Waals surface area (Å²) in [6.07, 6.45) is -2.31. The van der Waals surface area contributed by atoms with Crippen molar-refractivity contribution in [2.45, 2.75) is 19.1 Å². The number of aromatic nitrogens is 2. The van der Waals surface area contributed by atoms with Gasteiger partial charge in [-0.3, -0.25) is 4.79 Å². The lowest BCUT2D eigenvalue weighted by molar-refractivity contribution is -0.137. The topological polar surface area (TPSA) is 59.3 Å². The van der Waals surface area contributed by atoms with Crippen LogP contribution < -0.4 is 5.43 Å². The standard InChI is InChI=1S/C16H11F5N4O/c17-15(18)25-6-8(5-22-25)9-2-1-7(3-12(9)16(19,20)21)13-10-4-11(10)14(26)24-23-13/h1-3,5-6,10-11,15H,4H2,(H,24,26)/t10-,11+/m0/s1. The van der Waals surface area contributed by atoms with E-state index in [1.165, 1.54) is 12.1 Å². The number of hydrogen-bond acceptors (Lipinski definition) is 3. The van der Waals surface area contributed by atoms with Crippen LogP contribution in [0.4, 0.5) is 22.0 Å². The highest BCUT2D eigenvalue weighted by Crippen LogP contribution is 2.45. The average Bonchev–Trinajstić information content (AvgIpc) is 3.23. The fourth-order valence-electron chi connectivity index (χ4n) is 3.12. The van der Waals surface area contributed by atoms with Gasteiger partial charge in [0.15, 0.2) is 0 Å². The maximum Gasteiger partial charge on any atom is 0.417 e. The van der Waals surface area contributed by atoms with Crippen LogP contribution in [0.2, 0.25) is 0 Å². The molecule has 10 heteroatoms. The first-order chi connectivity index (χ1) is 12.3. The SMILES string of the molecule is O=C1NN=C(c2ccc(-c3cnn(C(F)F)c3)c(C(F)(F)F)c2)[C@H]2C[C@@H]12. The first-order valence-corrected chi connectivity index (χ1v) is 7.67. The van der Waals surface area contributed by atoms with Crippen LogP contribution in [0.3, 0.4) is 0 Å². The fraction of sp³-hybridized carbons (Fsp3) is 0.312. The van der Waals surface area contributed by atoms with Crippen molar-refractivity contribution in [1.29, 1.82) is 0 Å². The van der Waals surface area contributed by atoms with E-state index in [4.69, 9.17) is 0 Å². The Bertz CT molecular complexity index is 918. The molecule has 2 heterocycles. The third-order valence-corrected chi connectivity index (χ3v) is 4.50. The molecule has 5 nitrogen and oxygen atoms in total. The zero-order chi connectivity index (χ0) is 18.6. The summed E-state index contributed by atoms with van der Waals surface area (Å²) in [6.45, 7) is -2.94. The number of halogens is 5. The predicted molar refractivity (Wildman–Crippen MR) is 80.2 cm³/mol. The number of benzene rings is 1. The molecule has 1 aromatic carbocycles. The predicted octanol–water partition coefficient (Wildman–Crippen LogP) is 3.43. The van der Waals surface area contributed by atoms with Crippen molar-refractivity contribution in [3.05, 3.63) is 41.7 Å². The second kappa shape index (κ2) is 5.61. The lowest BCUT2D eigenvalue weighted by atomic mass is 9.95. The number of nitrogens with one attached hydrogen (secondary N) is 1. The van der Waals surface area contributed by atoms with Gasteiger partial charge in [0.25, 0.3) is 0 Å². The summed E-state index contributed by atoms with van der Waals surface area (Å²) in [5.74, 6) is -0.663. The number of carbonyl (C=O) groups excluding carboxylic acids is 1. The highest BCUT2D eigenvalue weighted by molar-refractivity contribution is 6.09. The number of amides is 1. The number of alkyl halides is 5. The van der Waals surface area contributed by atoms with E-state index in [9.17, 15) is 26.7 Å². The van der Waals surface area contributed by atoms with Crippen LogP contribution in [0.15, 0.2) is 35.7 Å². The van der Waals surface area contributed by atoms with Crippen molar-refractivity contribution in [2.24, 2.45) is 16.9 Å². The maximum atomic E-state index is 13.5. The summed E-state index contributed by atoms with van der Waals surface area (Å²) in [4.78, 5) is 11.5. The van der Waals surface area contributed by atoms with Crippen molar-refractivity contribution in [2.75, 3.05) is 0 Å². The summed E-state index contributed by atoms with van der Waals surface area (Å²) < 4.78 is 66.2. The van der Waals surface area contributed by atoms with Crippen molar-refractivity contribution in [3.8, 4) is 11.1 Å². The van der Waals surface area contributed by atoms with E-state index < -0.39 is 18.3 Å². The average molecular weight is 370 g/mol. The number of nitrogens with zero attached hydrogens (tertiary/aromatic N) is 3. The second-order valence-corrected chi connectivity index (χ2v) is 6.17. The van der Waals surface area contributed by atoms with E-state index in [2.05, 4.69) is 15.6 Å². The van der Waals surface area contributed by atoms with Gasteiger partial charge in [-0.25, -0.2) is 10.1 Å². The van der Waals surface area contributed by atoms with Gasteiger partial charge in [0.2, 0.25) is 5.91 Å². The fourth-order valence-corrected chi connectivity index (χ4v) is 3.12. The Morgan fingerprint density at radius 3 is 2.62 bits per heavy atom. The molecule has 2 aromatic rings. The van der Waals surface area contributed by atoms with Crippen molar-refractivity contribution in [3.63, 3.8) is 0 Å². The van der Waals surface area contributed by atoms with Gasteiger partial charge in [-0.1, -0.05) is 12.1 Å². The van der Waals surface area contributed by atoms with Gasteiger partial charge < -0.3 is 0 Å². The summed E-state index contributed by atoms with van der Waals surface area (Å²) in [7, 11) is 0. The monoisotopic (exact) mass is 370 g/mol. The van der Waals surface area contributed by atoms with E-state index in [0.717, 1.165) is 18.5 Å². The Morgan fingerprint density at radius 1 is 1.19 bits per heavy atom. The molecule has 0 unspecified atom stereocenters. The first kappa shape index (κ1) is 16.7. The minimum absolute atomic E-state index is 0.0626. The zero-order valence-electron chi connectivity index (χ0n) is 13.0. The van der Waals surface area contributed by atoms with Crippen molar-refractivity contribution in [1.82, 2.24) is 15.2 Å². The molecule has 136 valence electrons. The third kappa shape index (κ3) is 2.74. The molecular formula is C16H11F5N4O. The van der Waals surface area contributed by atoms with Crippen molar-refractivity contribution < 1.29 is 26.7 Å². The summed E-state index contributed by atoms with van der Waals surface area (Å²) in [6, 6.07) is 3.58. The highest BCUT2D eigenvalue weighted by atomic mass is 19.4. The van der Waals surface area contributed by atoms with Crippen LogP contribution in [0.5, 0.6) is 0 Å². The summed E-state index contributed by atoms with van der Waals surface area (Å²) >= 11 is 0. The molecule has 1 aliphatic carbocycles. The maximum absolute atomic E-state index is 13.5. The molecule has 1 aliphatic heterocycles. The second-order valence-electron chi connectivity index (χ2n) is 6.17. The van der Waals surface area contributed by atoms with E-state index in [-0.39, 0.29) is 34.4 Å². The molecule has 0 spiro atoms. The number of fused-ring (bicyclic) bond motifs is 1. The molecule has 0 radical (unpaired) electrons. The van der Waals surface area contributed by atoms with Crippen LogP contribution in [-0.4, -0.2) is 21.4 Å². The first-order valence-electron chi connectivity index (χ1n) is 7.67. The Labute approximate surface area is 143 Å². The smallest absolute Gasteiger partial charge is 0.273 e. The quantitative estimate of drug-likeness (QED) is 0.842. The molecule has 0 saturated heterocycles. The molecule has 1 fully saturated rings. The molecule has 1 amide bonds. The van der Waals surface area contributed by atoms with E-state index in [0.29, 0.717) is 16.8 Å². The Morgan fingerprint density at radius 2 is 1.96 bits per heavy atom. The van der Waals surface area contributed by atoms with Gasteiger partial charge in [-0.05, 0) is 23.6 Å². The molecule has 2 atom stereocenters. The van der Waals surface area contributed by atoms with E-state index >= 15 is 0 Å². The molecule has 4 rings (SSSR count). The zero-order valence-corrected chi connectivity index (χ0v) is 13.0. The molecule has 26 heavy (non-hydrogen) atoms. The van der Waals surface area contributed by atoms with E-state index in [1.807, 2.05) is 0 Å². The van der Waals surface area contributed by atoms with Gasteiger partial charge in [0.05, 0.1) is 17.5 Å². The van der Waals surface area contributed by atoms with Gasteiger partial charge in [-0.15, -0.1) is 0 Å². The van der Waals surface area contributed by atoms with Crippen LogP contribution in [0.25, 0.3) is 11.1 Å². The summed E-state index contributed by atoms with van der Waals surface area (Å²) in [5, 5.41) is 7.27. The lowest BCUT2D eigenvalue weighted by Crippen LogP contribution is -2.29. The number of carbonyl (C=O) groups is 1. The largest absolute Gasteiger partial charge is 0.417 e. The molecule has 0 bridgehead atoms. The lowest BCUT2D eigenvalue weighted by Gasteiger charge is -2.16. The van der Waals surface area contributed by atoms with Gasteiger partial charge in [0.1, 0.15) is 0 Å². The normalized spacial score (nSPS) is 22.1. The Hall–Kier alpha value is -2.78. The van der Waals surface area contributed by atoms with Crippen molar-refractivity contribution >= 4 is 11.6 Å². The van der Waals surface area contributed by atoms with Crippen LogP contribution in [0, 0.1) is 11.8 Å². The number of hydrazone groups is 1. The number of hydrogen-bond donors (Lipinski definition) is 1. The van der Waals surface area contributed by atoms with Crippen LogP contribution in [-0.2, 0) is 11.0 Å². The Balaban J connectivity index is 1.77. The minimum Gasteiger partial charge on any atom is -0.273 e. The molecule has 1 saturated carbocycles. The Kier molecular flexibility index (Phi) is 3.60. The third-order valence-electron chi connectivity index (χ3n) is 4.50. The van der Waals surface area contributed by atoms with Gasteiger partial charge >= 0.3 is 12.7 Å². The van der Waals surface area contributed by atoms with E-state index in [1.54, 1.807) is 0 Å². The molecule has 1 aromatic heterocycles. The van der Waals surface area contributed by atoms with Gasteiger partial charge in [0, 0.05) is 23.6 Å². The highest BCUT2D eigenvalue weighted by Gasteiger charge is 2.49. The van der Waals surface area contributed by atoms with Crippen LogP contribution >= 0.6 is 0 Å².